The number of nitrogens with zero attached hydrogens (tertiary/aromatic N) is 2. The van der Waals surface area contributed by atoms with Gasteiger partial charge in [-0.25, -0.2) is 18.7 Å². The van der Waals surface area contributed by atoms with Gasteiger partial charge in [-0.05, 0) is 12.1 Å². The van der Waals surface area contributed by atoms with Crippen molar-refractivity contribution in [3.8, 4) is 11.4 Å². The third-order valence-corrected chi connectivity index (χ3v) is 2.64. The normalized spacial score (nSPS) is 10.9. The SMILES string of the molecule is NCc1cnc(-c2cccc(Cl)c2)nc1C(F)F. The molecule has 0 unspecified atom stereocenters. The lowest BCUT2D eigenvalue weighted by Crippen LogP contribution is -2.06. The highest BCUT2D eigenvalue weighted by molar-refractivity contribution is 6.30. The second kappa shape index (κ2) is 5.37. The van der Waals surface area contributed by atoms with Gasteiger partial charge < -0.3 is 5.73 Å². The molecule has 0 spiro atoms. The summed E-state index contributed by atoms with van der Waals surface area (Å²) in [7, 11) is 0. The van der Waals surface area contributed by atoms with Gasteiger partial charge in [-0.3, -0.25) is 0 Å². The van der Waals surface area contributed by atoms with Crippen LogP contribution >= 0.6 is 11.6 Å². The van der Waals surface area contributed by atoms with Crippen LogP contribution in [0.15, 0.2) is 30.5 Å². The summed E-state index contributed by atoms with van der Waals surface area (Å²) in [6.45, 7) is -0.0184. The number of rotatable bonds is 3. The number of halogens is 3. The summed E-state index contributed by atoms with van der Waals surface area (Å²) in [4.78, 5) is 7.88. The number of benzene rings is 1. The summed E-state index contributed by atoms with van der Waals surface area (Å²) < 4.78 is 25.6. The molecule has 94 valence electrons. The van der Waals surface area contributed by atoms with Crippen LogP contribution in [0.1, 0.15) is 17.7 Å². The fourth-order valence-corrected chi connectivity index (χ4v) is 1.72. The smallest absolute Gasteiger partial charge is 0.280 e. The van der Waals surface area contributed by atoms with Crippen LogP contribution in [0, 0.1) is 0 Å². The molecular weight excluding hydrogens is 260 g/mol. The van der Waals surface area contributed by atoms with Gasteiger partial charge in [0.2, 0.25) is 0 Å². The van der Waals surface area contributed by atoms with Crippen molar-refractivity contribution in [3.05, 3.63) is 46.7 Å². The van der Waals surface area contributed by atoms with Crippen LogP contribution in [0.4, 0.5) is 8.78 Å². The standard InChI is InChI=1S/C12H10ClF2N3/c13-9-3-1-2-7(4-9)12-17-6-8(5-16)10(18-12)11(14)15/h1-4,6,11H,5,16H2. The molecule has 0 saturated carbocycles. The van der Waals surface area contributed by atoms with Crippen molar-refractivity contribution in [2.75, 3.05) is 0 Å². The molecule has 18 heavy (non-hydrogen) atoms. The zero-order valence-electron chi connectivity index (χ0n) is 9.28. The van der Waals surface area contributed by atoms with Gasteiger partial charge in [0.15, 0.2) is 5.82 Å². The molecule has 2 N–H and O–H groups in total. The Morgan fingerprint density at radius 3 is 2.72 bits per heavy atom. The first-order chi connectivity index (χ1) is 8.61. The number of alkyl halides is 2. The Morgan fingerprint density at radius 1 is 1.33 bits per heavy atom. The molecule has 3 nitrogen and oxygen atoms in total. The minimum atomic E-state index is -2.68. The topological polar surface area (TPSA) is 51.8 Å². The predicted octanol–water partition coefficient (Wildman–Crippen LogP) is 3.19. The predicted molar refractivity (Wildman–Crippen MR) is 65.3 cm³/mol. The zero-order chi connectivity index (χ0) is 13.1. The molecule has 1 aromatic heterocycles. The first-order valence-corrected chi connectivity index (χ1v) is 5.59. The molecule has 0 fully saturated rings. The van der Waals surface area contributed by atoms with Crippen molar-refractivity contribution in [1.29, 1.82) is 0 Å². The van der Waals surface area contributed by atoms with E-state index in [2.05, 4.69) is 9.97 Å². The lowest BCUT2D eigenvalue weighted by atomic mass is 10.2. The summed E-state index contributed by atoms with van der Waals surface area (Å²) in [6, 6.07) is 6.72. The van der Waals surface area contributed by atoms with Gasteiger partial charge in [0.1, 0.15) is 5.69 Å². The van der Waals surface area contributed by atoms with E-state index in [1.165, 1.54) is 6.20 Å². The Labute approximate surface area is 108 Å². The molecule has 0 saturated heterocycles. The average Bonchev–Trinajstić information content (AvgIpc) is 2.38. The Hall–Kier alpha value is -1.59. The summed E-state index contributed by atoms with van der Waals surface area (Å²) >= 11 is 5.83. The molecule has 2 rings (SSSR count). The maximum atomic E-state index is 12.8. The van der Waals surface area contributed by atoms with Gasteiger partial charge in [0.05, 0.1) is 0 Å². The molecule has 1 heterocycles. The molecule has 0 aliphatic heterocycles. The quantitative estimate of drug-likeness (QED) is 0.931. The number of aromatic nitrogens is 2. The van der Waals surface area contributed by atoms with Crippen LogP contribution in [0.3, 0.4) is 0 Å². The first-order valence-electron chi connectivity index (χ1n) is 5.21. The molecule has 0 radical (unpaired) electrons. The summed E-state index contributed by atoms with van der Waals surface area (Å²) in [6.07, 6.45) is -1.35. The van der Waals surface area contributed by atoms with Crippen LogP contribution in [0.2, 0.25) is 5.02 Å². The van der Waals surface area contributed by atoms with Gasteiger partial charge in [0.25, 0.3) is 6.43 Å². The zero-order valence-corrected chi connectivity index (χ0v) is 10.0. The lowest BCUT2D eigenvalue weighted by Gasteiger charge is -2.08. The van der Waals surface area contributed by atoms with Crippen LogP contribution in [-0.2, 0) is 6.54 Å². The van der Waals surface area contributed by atoms with Crippen molar-refractivity contribution in [2.45, 2.75) is 13.0 Å². The van der Waals surface area contributed by atoms with Crippen LogP contribution in [-0.4, -0.2) is 9.97 Å². The number of hydrogen-bond donors (Lipinski definition) is 1. The number of nitrogens with two attached hydrogens (primary N) is 1. The second-order valence-corrected chi connectivity index (χ2v) is 4.06. The molecule has 0 aliphatic carbocycles. The summed E-state index contributed by atoms with van der Waals surface area (Å²) in [5.74, 6) is 0.213. The van der Waals surface area contributed by atoms with E-state index in [1.807, 2.05) is 0 Å². The van der Waals surface area contributed by atoms with E-state index in [0.29, 0.717) is 10.6 Å². The number of hydrogen-bond acceptors (Lipinski definition) is 3. The van der Waals surface area contributed by atoms with Crippen molar-refractivity contribution in [3.63, 3.8) is 0 Å². The fourth-order valence-electron chi connectivity index (χ4n) is 1.53. The van der Waals surface area contributed by atoms with Gasteiger partial charge >= 0.3 is 0 Å². The molecule has 0 atom stereocenters. The van der Waals surface area contributed by atoms with Crippen molar-refractivity contribution >= 4 is 11.6 Å². The molecule has 1 aromatic carbocycles. The van der Waals surface area contributed by atoms with Crippen LogP contribution in [0.5, 0.6) is 0 Å². The summed E-state index contributed by atoms with van der Waals surface area (Å²) in [5.41, 5.74) is 5.87. The van der Waals surface area contributed by atoms with Crippen molar-refractivity contribution < 1.29 is 8.78 Å². The largest absolute Gasteiger partial charge is 0.326 e. The second-order valence-electron chi connectivity index (χ2n) is 3.62. The third kappa shape index (κ3) is 2.63. The van der Waals surface area contributed by atoms with Gasteiger partial charge in [-0.1, -0.05) is 23.7 Å². The maximum Gasteiger partial charge on any atom is 0.280 e. The molecule has 0 bridgehead atoms. The molecule has 0 amide bonds. The Balaban J connectivity index is 2.50. The van der Waals surface area contributed by atoms with Gasteiger partial charge in [-0.15, -0.1) is 0 Å². The maximum absolute atomic E-state index is 12.8. The van der Waals surface area contributed by atoms with Gasteiger partial charge in [0, 0.05) is 28.9 Å². The van der Waals surface area contributed by atoms with Crippen LogP contribution in [0.25, 0.3) is 11.4 Å². The van der Waals surface area contributed by atoms with Crippen molar-refractivity contribution in [1.82, 2.24) is 9.97 Å². The van der Waals surface area contributed by atoms with E-state index in [9.17, 15) is 8.78 Å². The highest BCUT2D eigenvalue weighted by Crippen LogP contribution is 2.24. The van der Waals surface area contributed by atoms with E-state index in [4.69, 9.17) is 17.3 Å². The Morgan fingerprint density at radius 2 is 2.11 bits per heavy atom. The van der Waals surface area contributed by atoms with Crippen LogP contribution < -0.4 is 5.73 Å². The fraction of sp³-hybridized carbons (Fsp3) is 0.167. The summed E-state index contributed by atoms with van der Waals surface area (Å²) in [5, 5.41) is 0.498. The molecular formula is C12H10ClF2N3. The first kappa shape index (κ1) is 12.9. The molecule has 0 aliphatic rings. The van der Waals surface area contributed by atoms with E-state index < -0.39 is 6.43 Å². The van der Waals surface area contributed by atoms with Crippen molar-refractivity contribution in [2.24, 2.45) is 5.73 Å². The third-order valence-electron chi connectivity index (χ3n) is 2.41. The molecule has 2 aromatic rings. The van der Waals surface area contributed by atoms with E-state index in [1.54, 1.807) is 24.3 Å². The minimum absolute atomic E-state index is 0.0184. The Kier molecular flexibility index (Phi) is 3.84. The van der Waals surface area contributed by atoms with Gasteiger partial charge in [-0.2, -0.15) is 0 Å². The lowest BCUT2D eigenvalue weighted by molar-refractivity contribution is 0.144. The highest BCUT2D eigenvalue weighted by atomic mass is 35.5. The van der Waals surface area contributed by atoms with E-state index in [-0.39, 0.29) is 23.6 Å². The Bertz CT molecular complexity index is 561. The van der Waals surface area contributed by atoms with E-state index >= 15 is 0 Å². The monoisotopic (exact) mass is 269 g/mol. The highest BCUT2D eigenvalue weighted by Gasteiger charge is 2.16. The average molecular weight is 270 g/mol. The van der Waals surface area contributed by atoms with E-state index in [0.717, 1.165) is 0 Å². The minimum Gasteiger partial charge on any atom is -0.326 e. The molecule has 6 heteroatoms.